The summed E-state index contributed by atoms with van der Waals surface area (Å²) >= 11 is 0. The first-order chi connectivity index (χ1) is 17.2. The van der Waals surface area contributed by atoms with E-state index in [4.69, 9.17) is 8.92 Å². The molecule has 0 saturated heterocycles. The Balaban J connectivity index is 1.54. The first-order valence-electron chi connectivity index (χ1n) is 11.9. The van der Waals surface area contributed by atoms with Crippen LogP contribution in [-0.2, 0) is 21.5 Å². The van der Waals surface area contributed by atoms with Gasteiger partial charge in [-0.05, 0) is 65.8 Å². The van der Waals surface area contributed by atoms with Crippen molar-refractivity contribution in [3.8, 4) is 11.5 Å². The van der Waals surface area contributed by atoms with Crippen molar-refractivity contribution < 1.29 is 26.5 Å². The molecule has 2 unspecified atom stereocenters. The minimum Gasteiger partial charge on any atom is -0.493 e. The second kappa shape index (κ2) is 10.7. The van der Waals surface area contributed by atoms with Crippen LogP contribution >= 0.6 is 0 Å². The Morgan fingerprint density at radius 3 is 2.36 bits per heavy atom. The molecule has 4 rings (SSSR count). The highest BCUT2D eigenvalue weighted by Gasteiger charge is 2.45. The topological polar surface area (TPSA) is 72.9 Å². The van der Waals surface area contributed by atoms with Crippen molar-refractivity contribution in [3.05, 3.63) is 89.7 Å². The molecule has 1 fully saturated rings. The molecule has 0 radical (unpaired) electrons. The van der Waals surface area contributed by atoms with E-state index in [9.17, 15) is 17.6 Å². The number of rotatable bonds is 10. The molecule has 36 heavy (non-hydrogen) atoms. The molecule has 0 spiro atoms. The van der Waals surface area contributed by atoms with Crippen molar-refractivity contribution in [3.63, 3.8) is 0 Å². The van der Waals surface area contributed by atoms with Crippen LogP contribution in [0.15, 0.2) is 77.7 Å². The van der Waals surface area contributed by atoms with Crippen molar-refractivity contribution in [1.29, 1.82) is 0 Å². The zero-order chi connectivity index (χ0) is 25.9. The van der Waals surface area contributed by atoms with Gasteiger partial charge in [0.1, 0.15) is 10.7 Å². The third-order valence-electron chi connectivity index (χ3n) is 6.14. The number of halogens is 1. The molecular weight excluding hydrogens is 481 g/mol. The average Bonchev–Trinajstić information content (AvgIpc) is 3.65. The van der Waals surface area contributed by atoms with Crippen LogP contribution in [0.5, 0.6) is 11.5 Å². The number of benzene rings is 3. The molecule has 0 bridgehead atoms. The Kier molecular flexibility index (Phi) is 7.64. The van der Waals surface area contributed by atoms with Crippen molar-refractivity contribution in [2.45, 2.75) is 37.6 Å². The van der Waals surface area contributed by atoms with Gasteiger partial charge < -0.3 is 13.8 Å². The molecule has 8 heteroatoms. The molecule has 0 aromatic heterocycles. The van der Waals surface area contributed by atoms with E-state index in [-0.39, 0.29) is 40.1 Å². The fraction of sp³-hybridized carbons (Fsp3) is 0.321. The summed E-state index contributed by atoms with van der Waals surface area (Å²) in [6.07, 6.45) is 0.824. The minimum absolute atomic E-state index is 0.00450. The number of hydrogen-bond donors (Lipinski definition) is 0. The van der Waals surface area contributed by atoms with Crippen LogP contribution < -0.4 is 8.92 Å². The summed E-state index contributed by atoms with van der Waals surface area (Å²) in [5.74, 6) is 0.212. The summed E-state index contributed by atoms with van der Waals surface area (Å²) in [5.41, 5.74) is 1.89. The number of methoxy groups -OCH3 is 1. The van der Waals surface area contributed by atoms with Crippen molar-refractivity contribution >= 4 is 16.0 Å². The van der Waals surface area contributed by atoms with Gasteiger partial charge in [0.25, 0.3) is 0 Å². The average molecular weight is 512 g/mol. The van der Waals surface area contributed by atoms with Gasteiger partial charge in [-0.15, -0.1) is 0 Å². The highest BCUT2D eigenvalue weighted by atomic mass is 32.2. The van der Waals surface area contributed by atoms with E-state index in [0.29, 0.717) is 18.7 Å². The maximum atomic E-state index is 13.4. The quantitative estimate of drug-likeness (QED) is 0.341. The summed E-state index contributed by atoms with van der Waals surface area (Å²) in [6, 6.07) is 19.4. The summed E-state index contributed by atoms with van der Waals surface area (Å²) in [7, 11) is -2.80. The first-order valence-corrected chi connectivity index (χ1v) is 13.3. The number of ether oxygens (including phenoxy) is 1. The lowest BCUT2D eigenvalue weighted by atomic mass is 10.1. The van der Waals surface area contributed by atoms with E-state index in [1.807, 2.05) is 23.1 Å². The summed E-state index contributed by atoms with van der Waals surface area (Å²) in [6.45, 7) is 5.00. The fourth-order valence-corrected chi connectivity index (χ4v) is 5.25. The van der Waals surface area contributed by atoms with Gasteiger partial charge in [0.15, 0.2) is 11.5 Å². The van der Waals surface area contributed by atoms with Crippen LogP contribution in [0, 0.1) is 17.7 Å². The third-order valence-corrected chi connectivity index (χ3v) is 7.38. The lowest BCUT2D eigenvalue weighted by Crippen LogP contribution is -2.35. The van der Waals surface area contributed by atoms with Gasteiger partial charge in [-0.3, -0.25) is 4.79 Å². The molecular formula is C28H30FNO5S. The fourth-order valence-electron chi connectivity index (χ4n) is 4.32. The number of hydrogen-bond acceptors (Lipinski definition) is 5. The smallest absolute Gasteiger partial charge is 0.339 e. The Labute approximate surface area is 211 Å². The van der Waals surface area contributed by atoms with Gasteiger partial charge in [-0.2, -0.15) is 8.42 Å². The van der Waals surface area contributed by atoms with Gasteiger partial charge in [-0.1, -0.05) is 50.2 Å². The Hall–Kier alpha value is -3.39. The van der Waals surface area contributed by atoms with Crippen LogP contribution in [-0.4, -0.2) is 32.9 Å². The monoisotopic (exact) mass is 511 g/mol. The van der Waals surface area contributed by atoms with Crippen LogP contribution in [0.3, 0.4) is 0 Å². The van der Waals surface area contributed by atoms with Crippen molar-refractivity contribution in [2.24, 2.45) is 11.8 Å². The Morgan fingerprint density at radius 2 is 1.72 bits per heavy atom. The maximum absolute atomic E-state index is 13.4. The normalized spacial score (nSPS) is 17.0. The molecule has 1 saturated carbocycles. The summed E-state index contributed by atoms with van der Waals surface area (Å²) in [4.78, 5) is 15.1. The van der Waals surface area contributed by atoms with E-state index in [2.05, 4.69) is 26.0 Å². The Morgan fingerprint density at radius 1 is 1.03 bits per heavy atom. The van der Waals surface area contributed by atoms with E-state index < -0.39 is 15.9 Å². The number of nitrogens with zero attached hydrogens (tertiary/aromatic N) is 1. The van der Waals surface area contributed by atoms with E-state index in [1.54, 1.807) is 18.2 Å². The molecule has 0 N–H and O–H groups in total. The zero-order valence-electron chi connectivity index (χ0n) is 20.6. The molecule has 0 aliphatic heterocycles. The highest BCUT2D eigenvalue weighted by Crippen LogP contribution is 2.48. The van der Waals surface area contributed by atoms with Crippen LogP contribution in [0.1, 0.15) is 37.3 Å². The predicted octanol–water partition coefficient (Wildman–Crippen LogP) is 5.39. The SMILES string of the molecule is COc1ccc(CN(CC(C)C)C(=O)C2CC2c2ccccc2)cc1OS(=O)(=O)c1ccc(F)cc1. The second-order valence-corrected chi connectivity index (χ2v) is 11.0. The summed E-state index contributed by atoms with van der Waals surface area (Å²) < 4.78 is 49.5. The molecule has 3 aromatic carbocycles. The summed E-state index contributed by atoms with van der Waals surface area (Å²) in [5, 5.41) is 0. The van der Waals surface area contributed by atoms with Gasteiger partial charge in [-0.25, -0.2) is 4.39 Å². The lowest BCUT2D eigenvalue weighted by molar-refractivity contribution is -0.133. The zero-order valence-corrected chi connectivity index (χ0v) is 21.4. The molecule has 190 valence electrons. The molecule has 3 aromatic rings. The van der Waals surface area contributed by atoms with Gasteiger partial charge in [0, 0.05) is 19.0 Å². The first kappa shape index (κ1) is 25.7. The molecule has 1 aliphatic rings. The van der Waals surface area contributed by atoms with Crippen LogP contribution in [0.25, 0.3) is 0 Å². The lowest BCUT2D eigenvalue weighted by Gasteiger charge is -2.25. The van der Waals surface area contributed by atoms with E-state index in [1.165, 1.54) is 12.7 Å². The van der Waals surface area contributed by atoms with Crippen molar-refractivity contribution in [2.75, 3.05) is 13.7 Å². The maximum Gasteiger partial charge on any atom is 0.339 e. The molecule has 0 heterocycles. The predicted molar refractivity (Wildman–Crippen MR) is 135 cm³/mol. The largest absolute Gasteiger partial charge is 0.493 e. The molecule has 1 aliphatic carbocycles. The standard InChI is InChI=1S/C28H30FNO5S/c1-19(2)17-30(28(31)25-16-24(25)21-7-5-4-6-8-21)18-20-9-14-26(34-3)27(15-20)35-36(32,33)23-12-10-22(29)11-13-23/h4-15,19,24-25H,16-18H2,1-3H3. The van der Waals surface area contributed by atoms with Gasteiger partial charge >= 0.3 is 10.1 Å². The van der Waals surface area contributed by atoms with E-state index in [0.717, 1.165) is 30.7 Å². The number of carbonyl (C=O) groups excluding carboxylic acids is 1. The van der Waals surface area contributed by atoms with Crippen molar-refractivity contribution in [1.82, 2.24) is 4.90 Å². The third kappa shape index (κ3) is 6.05. The molecule has 1 amide bonds. The van der Waals surface area contributed by atoms with Crippen LogP contribution in [0.4, 0.5) is 4.39 Å². The number of carbonyl (C=O) groups is 1. The van der Waals surface area contributed by atoms with Crippen LogP contribution in [0.2, 0.25) is 0 Å². The van der Waals surface area contributed by atoms with Gasteiger partial charge in [0.05, 0.1) is 7.11 Å². The Bertz CT molecular complexity index is 1310. The van der Waals surface area contributed by atoms with E-state index >= 15 is 0 Å². The second-order valence-electron chi connectivity index (χ2n) is 9.45. The number of amides is 1. The highest BCUT2D eigenvalue weighted by molar-refractivity contribution is 7.87. The molecule has 2 atom stereocenters. The van der Waals surface area contributed by atoms with Gasteiger partial charge in [0.2, 0.25) is 5.91 Å². The molecule has 6 nitrogen and oxygen atoms in total. The minimum atomic E-state index is -4.21.